The van der Waals surface area contributed by atoms with Crippen LogP contribution in [0.1, 0.15) is 25.0 Å². The Morgan fingerprint density at radius 1 is 0.882 bits per heavy atom. The largest absolute Gasteiger partial charge is 0.491 e. The minimum atomic E-state index is -0.384. The Hall–Kier alpha value is -4.06. The Morgan fingerprint density at radius 3 is 2.15 bits per heavy atom. The van der Waals surface area contributed by atoms with Gasteiger partial charge < -0.3 is 15.0 Å². The number of carbonyl (C=O) groups excluding carboxylic acids is 2. The van der Waals surface area contributed by atoms with E-state index in [9.17, 15) is 9.59 Å². The molecule has 0 fully saturated rings. The van der Waals surface area contributed by atoms with Crippen LogP contribution in [-0.4, -0.2) is 32.0 Å². The minimum Gasteiger partial charge on any atom is -0.491 e. The van der Waals surface area contributed by atoms with Crippen LogP contribution in [0.2, 0.25) is 0 Å². The summed E-state index contributed by atoms with van der Waals surface area (Å²) in [5.74, 6) is -0.0363. The summed E-state index contributed by atoms with van der Waals surface area (Å²) < 4.78 is 5.74. The number of nitrogens with one attached hydrogen (secondary N) is 1. The number of hydrogen-bond donors (Lipinski definition) is 1. The first kappa shape index (κ1) is 23.1. The maximum absolute atomic E-state index is 13.6. The lowest BCUT2D eigenvalue weighted by Crippen LogP contribution is -2.32. The van der Waals surface area contributed by atoms with Gasteiger partial charge in [-0.05, 0) is 80.4 Å². The van der Waals surface area contributed by atoms with E-state index in [-0.39, 0.29) is 23.6 Å². The van der Waals surface area contributed by atoms with Crippen molar-refractivity contribution >= 4 is 34.4 Å². The molecule has 6 nitrogen and oxygen atoms in total. The van der Waals surface area contributed by atoms with Crippen molar-refractivity contribution in [1.82, 2.24) is 0 Å². The smallest absolute Gasteiger partial charge is 0.282 e. The number of hydrogen-bond acceptors (Lipinski definition) is 5. The molecule has 1 aliphatic heterocycles. The summed E-state index contributed by atoms with van der Waals surface area (Å²) in [5.41, 5.74) is 4.52. The lowest BCUT2D eigenvalue weighted by molar-refractivity contribution is -0.120. The second kappa shape index (κ2) is 9.43. The first-order chi connectivity index (χ1) is 16.2. The Kier molecular flexibility index (Phi) is 6.41. The molecular formula is C28H29N3O3. The molecule has 6 heteroatoms. The summed E-state index contributed by atoms with van der Waals surface area (Å²) in [7, 11) is 3.93. The zero-order chi connectivity index (χ0) is 24.4. The summed E-state index contributed by atoms with van der Waals surface area (Å²) in [6.45, 7) is 5.85. The average molecular weight is 456 g/mol. The molecule has 3 aromatic rings. The van der Waals surface area contributed by atoms with Crippen LogP contribution in [0.4, 0.5) is 17.1 Å². The van der Waals surface area contributed by atoms with E-state index in [0.717, 1.165) is 16.9 Å². The standard InChI is InChI=1S/C28H29N3O3/c1-18(2)34-24-15-9-20(10-16-24)25-26(29-21-11-13-22(14-12-21)30(4)5)28(33)31(27(25)32)23-8-6-7-19(3)17-23/h6-18,29H,1-5H3. The molecule has 1 N–H and O–H groups in total. The van der Waals surface area contributed by atoms with Crippen LogP contribution in [-0.2, 0) is 9.59 Å². The number of benzene rings is 3. The highest BCUT2D eigenvalue weighted by Crippen LogP contribution is 2.35. The summed E-state index contributed by atoms with van der Waals surface area (Å²) in [6.07, 6.45) is 0.0407. The van der Waals surface area contributed by atoms with Crippen LogP contribution >= 0.6 is 0 Å². The molecule has 1 heterocycles. The lowest BCUT2D eigenvalue weighted by atomic mass is 10.0. The summed E-state index contributed by atoms with van der Waals surface area (Å²) >= 11 is 0. The number of rotatable bonds is 7. The molecule has 0 bridgehead atoms. The molecule has 3 aromatic carbocycles. The molecule has 1 aliphatic rings. The second-order valence-electron chi connectivity index (χ2n) is 8.79. The molecule has 0 aliphatic carbocycles. The third kappa shape index (κ3) is 4.66. The highest BCUT2D eigenvalue weighted by atomic mass is 16.5. The number of anilines is 3. The fourth-order valence-electron chi connectivity index (χ4n) is 3.87. The number of carbonyl (C=O) groups is 2. The Labute approximate surface area is 200 Å². The Balaban J connectivity index is 1.76. The van der Waals surface area contributed by atoms with Gasteiger partial charge in [0.15, 0.2) is 0 Å². The van der Waals surface area contributed by atoms with Crippen LogP contribution < -0.4 is 19.9 Å². The number of nitrogens with zero attached hydrogens (tertiary/aromatic N) is 2. The van der Waals surface area contributed by atoms with Gasteiger partial charge in [-0.1, -0.05) is 24.3 Å². The third-order valence-electron chi connectivity index (χ3n) is 5.51. The number of imide groups is 1. The van der Waals surface area contributed by atoms with Crippen molar-refractivity contribution in [2.24, 2.45) is 0 Å². The van der Waals surface area contributed by atoms with E-state index in [1.54, 1.807) is 6.07 Å². The van der Waals surface area contributed by atoms with Gasteiger partial charge in [-0.2, -0.15) is 0 Å². The van der Waals surface area contributed by atoms with Gasteiger partial charge >= 0.3 is 0 Å². The lowest BCUT2D eigenvalue weighted by Gasteiger charge is -2.16. The van der Waals surface area contributed by atoms with Crippen LogP contribution in [0, 0.1) is 6.92 Å². The normalized spacial score (nSPS) is 13.6. The SMILES string of the molecule is Cc1cccc(N2C(=O)C(Nc3ccc(N(C)C)cc3)=C(c3ccc(OC(C)C)cc3)C2=O)c1. The molecule has 0 atom stereocenters. The van der Waals surface area contributed by atoms with Crippen molar-refractivity contribution in [3.8, 4) is 5.75 Å². The summed E-state index contributed by atoms with van der Waals surface area (Å²) in [6, 6.07) is 22.4. The van der Waals surface area contributed by atoms with Crippen molar-refractivity contribution in [2.45, 2.75) is 26.9 Å². The van der Waals surface area contributed by atoms with Gasteiger partial charge in [0.05, 0.1) is 17.4 Å². The van der Waals surface area contributed by atoms with Crippen molar-refractivity contribution in [1.29, 1.82) is 0 Å². The van der Waals surface area contributed by atoms with E-state index in [1.165, 1.54) is 4.90 Å². The van der Waals surface area contributed by atoms with Gasteiger partial charge in [-0.15, -0.1) is 0 Å². The topological polar surface area (TPSA) is 61.9 Å². The van der Waals surface area contributed by atoms with Crippen molar-refractivity contribution in [2.75, 3.05) is 29.2 Å². The molecule has 2 amide bonds. The Bertz CT molecular complexity index is 1240. The van der Waals surface area contributed by atoms with Gasteiger partial charge in [0.25, 0.3) is 11.8 Å². The van der Waals surface area contributed by atoms with E-state index in [0.29, 0.717) is 22.6 Å². The predicted octanol–water partition coefficient (Wildman–Crippen LogP) is 5.24. The molecule has 0 unspecified atom stereocenters. The van der Waals surface area contributed by atoms with Crippen LogP contribution in [0.3, 0.4) is 0 Å². The van der Waals surface area contributed by atoms with Gasteiger partial charge in [-0.3, -0.25) is 9.59 Å². The maximum Gasteiger partial charge on any atom is 0.282 e. The highest BCUT2D eigenvalue weighted by Gasteiger charge is 2.40. The number of ether oxygens (including phenoxy) is 1. The first-order valence-corrected chi connectivity index (χ1v) is 11.3. The van der Waals surface area contributed by atoms with Gasteiger partial charge in [0.2, 0.25) is 0 Å². The highest BCUT2D eigenvalue weighted by molar-refractivity contribution is 6.46. The van der Waals surface area contributed by atoms with E-state index >= 15 is 0 Å². The van der Waals surface area contributed by atoms with Gasteiger partial charge in [-0.25, -0.2) is 4.90 Å². The third-order valence-corrected chi connectivity index (χ3v) is 5.51. The molecule has 0 radical (unpaired) electrons. The maximum atomic E-state index is 13.6. The summed E-state index contributed by atoms with van der Waals surface area (Å²) in [4.78, 5) is 30.4. The quantitative estimate of drug-likeness (QED) is 0.494. The molecule has 0 saturated heterocycles. The molecule has 0 spiro atoms. The molecule has 4 rings (SSSR count). The Morgan fingerprint density at radius 2 is 1.56 bits per heavy atom. The van der Waals surface area contributed by atoms with E-state index < -0.39 is 0 Å². The monoisotopic (exact) mass is 455 g/mol. The van der Waals surface area contributed by atoms with E-state index in [2.05, 4.69) is 5.32 Å². The second-order valence-corrected chi connectivity index (χ2v) is 8.79. The van der Waals surface area contributed by atoms with Crippen LogP contribution in [0.25, 0.3) is 5.57 Å². The molecule has 0 aromatic heterocycles. The molecule has 0 saturated carbocycles. The summed E-state index contributed by atoms with van der Waals surface area (Å²) in [5, 5.41) is 3.21. The van der Waals surface area contributed by atoms with E-state index in [4.69, 9.17) is 4.74 Å². The fraction of sp³-hybridized carbons (Fsp3) is 0.214. The molecule has 34 heavy (non-hydrogen) atoms. The predicted molar refractivity (Wildman–Crippen MR) is 137 cm³/mol. The van der Waals surface area contributed by atoms with Crippen LogP contribution in [0.5, 0.6) is 5.75 Å². The average Bonchev–Trinajstić information content (AvgIpc) is 3.03. The molecular weight excluding hydrogens is 426 g/mol. The zero-order valence-electron chi connectivity index (χ0n) is 20.1. The fourth-order valence-corrected chi connectivity index (χ4v) is 3.87. The van der Waals surface area contributed by atoms with Crippen LogP contribution in [0.15, 0.2) is 78.5 Å². The first-order valence-electron chi connectivity index (χ1n) is 11.3. The number of amides is 2. The molecule has 174 valence electrons. The zero-order valence-corrected chi connectivity index (χ0v) is 20.1. The van der Waals surface area contributed by atoms with Crippen molar-refractivity contribution in [3.63, 3.8) is 0 Å². The van der Waals surface area contributed by atoms with Crippen molar-refractivity contribution < 1.29 is 14.3 Å². The van der Waals surface area contributed by atoms with Gasteiger partial charge in [0.1, 0.15) is 11.4 Å². The van der Waals surface area contributed by atoms with Gasteiger partial charge in [0, 0.05) is 25.5 Å². The van der Waals surface area contributed by atoms with E-state index in [1.807, 2.05) is 106 Å². The number of aryl methyl sites for hydroxylation is 1. The minimum absolute atomic E-state index is 0.0407. The van der Waals surface area contributed by atoms with Crippen molar-refractivity contribution in [3.05, 3.63) is 89.6 Å².